The lowest BCUT2D eigenvalue weighted by molar-refractivity contribution is -0.115. The average Bonchev–Trinajstić information content (AvgIpc) is 3.53. The first-order chi connectivity index (χ1) is 16.3. The van der Waals surface area contributed by atoms with Gasteiger partial charge in [-0.3, -0.25) is 14.9 Å². The van der Waals surface area contributed by atoms with E-state index in [1.54, 1.807) is 12.2 Å². The highest BCUT2D eigenvalue weighted by Gasteiger charge is 2.62. The van der Waals surface area contributed by atoms with E-state index in [1.807, 2.05) is 5.38 Å². The summed E-state index contributed by atoms with van der Waals surface area (Å²) in [6, 6.07) is 0. The summed E-state index contributed by atoms with van der Waals surface area (Å²) >= 11 is 1.42. The van der Waals surface area contributed by atoms with Crippen molar-refractivity contribution in [2.75, 3.05) is 5.32 Å². The van der Waals surface area contributed by atoms with E-state index in [2.05, 4.69) is 30.2 Å². The van der Waals surface area contributed by atoms with Crippen molar-refractivity contribution in [3.8, 4) is 0 Å². The van der Waals surface area contributed by atoms with Gasteiger partial charge in [-0.05, 0) is 61.5 Å². The highest BCUT2D eigenvalue weighted by molar-refractivity contribution is 7.14. The van der Waals surface area contributed by atoms with E-state index in [1.165, 1.54) is 29.5 Å². The number of carbonyl (C=O) groups excluding carboxylic acids is 2. The zero-order valence-electron chi connectivity index (χ0n) is 19.4. The van der Waals surface area contributed by atoms with E-state index < -0.39 is 6.10 Å². The Morgan fingerprint density at radius 1 is 1.29 bits per heavy atom. The minimum absolute atomic E-state index is 0.0490. The van der Waals surface area contributed by atoms with Crippen LogP contribution in [0.1, 0.15) is 68.1 Å². The molecule has 2 N–H and O–H groups in total. The number of thiazole rings is 1. The van der Waals surface area contributed by atoms with Crippen LogP contribution in [0.5, 0.6) is 0 Å². The molecule has 2 aromatic heterocycles. The highest BCUT2D eigenvalue weighted by atomic mass is 32.1. The maximum Gasteiger partial charge on any atom is 0.294 e. The Balaban J connectivity index is 1.26. The van der Waals surface area contributed by atoms with Crippen molar-refractivity contribution in [1.29, 1.82) is 0 Å². The number of hydrogen-bond acceptors (Lipinski definition) is 7. The largest absolute Gasteiger partial charge is 0.438 e. The second-order valence-corrected chi connectivity index (χ2v) is 11.7. The molecule has 4 aliphatic rings. The molecule has 1 amide bonds. The number of carbonyl (C=O) groups is 2. The predicted molar refractivity (Wildman–Crippen MR) is 127 cm³/mol. The molecule has 4 aliphatic carbocycles. The van der Waals surface area contributed by atoms with Crippen molar-refractivity contribution in [3.63, 3.8) is 0 Å². The molecule has 6 rings (SSSR count). The number of hydrogen-bond donors (Lipinski definition) is 2. The van der Waals surface area contributed by atoms with Gasteiger partial charge in [-0.15, -0.1) is 11.3 Å². The molecule has 7 unspecified atom stereocenters. The van der Waals surface area contributed by atoms with Gasteiger partial charge in [-0.1, -0.05) is 25.5 Å². The third kappa shape index (κ3) is 3.18. The van der Waals surface area contributed by atoms with Gasteiger partial charge in [-0.2, -0.15) is 0 Å². The lowest BCUT2D eigenvalue weighted by atomic mass is 9.47. The minimum atomic E-state index is -0.428. The van der Waals surface area contributed by atoms with Gasteiger partial charge in [0.05, 0.1) is 18.0 Å². The standard InChI is InChI=1S/C26H29N3O4S/c1-25-8-7-15(30)9-14(25)3-4-16-17-5-6-18(26(17,2)10-20(31)22(16)25)19-12-34-24(28-19)29-23(32)21-11-27-13-33-21/h7-9,11-13,16-18,20,22,31H,3-6,10H2,1-2H3,(H,28,29,32). The van der Waals surface area contributed by atoms with Gasteiger partial charge in [0.2, 0.25) is 5.76 Å². The maximum absolute atomic E-state index is 12.3. The Morgan fingerprint density at radius 3 is 2.94 bits per heavy atom. The SMILES string of the molecule is CC12C=CC(=O)C=C1CCC1C2C(O)CC2(C)C(c3csc(NC(=O)c4cnco4)n3)CCC12. The van der Waals surface area contributed by atoms with Crippen molar-refractivity contribution < 1.29 is 19.1 Å². The molecule has 7 atom stereocenters. The molecule has 2 heterocycles. The number of nitrogens with zero attached hydrogens (tertiary/aromatic N) is 2. The van der Waals surface area contributed by atoms with Gasteiger partial charge < -0.3 is 9.52 Å². The summed E-state index contributed by atoms with van der Waals surface area (Å²) in [4.78, 5) is 32.9. The summed E-state index contributed by atoms with van der Waals surface area (Å²) in [5.74, 6) is 1.17. The monoisotopic (exact) mass is 479 g/mol. The number of anilines is 1. The van der Waals surface area contributed by atoms with Crippen molar-refractivity contribution in [2.24, 2.45) is 28.6 Å². The first-order valence-corrected chi connectivity index (χ1v) is 12.9. The van der Waals surface area contributed by atoms with Crippen molar-refractivity contribution in [1.82, 2.24) is 9.97 Å². The number of aliphatic hydroxyl groups is 1. The number of allylic oxidation sites excluding steroid dienone is 4. The topological polar surface area (TPSA) is 105 Å². The van der Waals surface area contributed by atoms with E-state index in [9.17, 15) is 14.7 Å². The molecule has 178 valence electrons. The fraction of sp³-hybridized carbons (Fsp3) is 0.538. The summed E-state index contributed by atoms with van der Waals surface area (Å²) in [7, 11) is 0. The van der Waals surface area contributed by atoms with Gasteiger partial charge in [-0.25, -0.2) is 9.97 Å². The van der Waals surface area contributed by atoms with Crippen LogP contribution in [-0.2, 0) is 4.79 Å². The van der Waals surface area contributed by atoms with Gasteiger partial charge in [0.1, 0.15) is 0 Å². The quantitative estimate of drug-likeness (QED) is 0.658. The lowest BCUT2D eigenvalue weighted by Crippen LogP contribution is -2.55. The minimum Gasteiger partial charge on any atom is -0.438 e. The van der Waals surface area contributed by atoms with Crippen LogP contribution in [0.2, 0.25) is 0 Å². The van der Waals surface area contributed by atoms with Gasteiger partial charge in [0.25, 0.3) is 5.91 Å². The third-order valence-corrected chi connectivity index (χ3v) is 10.0. The first kappa shape index (κ1) is 21.9. The van der Waals surface area contributed by atoms with Crippen LogP contribution in [0.25, 0.3) is 0 Å². The zero-order valence-corrected chi connectivity index (χ0v) is 20.2. The molecule has 2 aromatic rings. The van der Waals surface area contributed by atoms with Crippen LogP contribution in [0.3, 0.4) is 0 Å². The van der Waals surface area contributed by atoms with Crippen LogP contribution in [0.4, 0.5) is 5.13 Å². The molecule has 0 radical (unpaired) electrons. The Bertz CT molecular complexity index is 1200. The van der Waals surface area contributed by atoms with Gasteiger partial charge in [0, 0.05) is 22.6 Å². The normalized spacial score (nSPS) is 38.6. The molecule has 0 spiro atoms. The summed E-state index contributed by atoms with van der Waals surface area (Å²) in [5, 5.41) is 17.0. The predicted octanol–water partition coefficient (Wildman–Crippen LogP) is 4.75. The molecule has 3 fully saturated rings. The molecule has 7 nitrogen and oxygen atoms in total. The van der Waals surface area contributed by atoms with Gasteiger partial charge in [0.15, 0.2) is 17.3 Å². The Hall–Kier alpha value is -2.58. The molecule has 0 aromatic carbocycles. The van der Waals surface area contributed by atoms with E-state index in [-0.39, 0.29) is 40.1 Å². The van der Waals surface area contributed by atoms with Crippen LogP contribution < -0.4 is 5.32 Å². The highest BCUT2D eigenvalue weighted by Crippen LogP contribution is 2.67. The first-order valence-electron chi connectivity index (χ1n) is 12.1. The fourth-order valence-electron chi connectivity index (χ4n) is 7.80. The summed E-state index contributed by atoms with van der Waals surface area (Å²) in [6.07, 6.45) is 12.6. The summed E-state index contributed by atoms with van der Waals surface area (Å²) < 4.78 is 5.07. The van der Waals surface area contributed by atoms with Crippen LogP contribution in [-0.4, -0.2) is 32.9 Å². The number of nitrogens with one attached hydrogen (secondary N) is 1. The number of aliphatic hydroxyl groups excluding tert-OH is 1. The number of ketones is 1. The average molecular weight is 480 g/mol. The van der Waals surface area contributed by atoms with E-state index >= 15 is 0 Å². The number of oxazole rings is 1. The lowest BCUT2D eigenvalue weighted by Gasteiger charge is -2.58. The zero-order chi connectivity index (χ0) is 23.7. The van der Waals surface area contributed by atoms with E-state index in [0.717, 1.165) is 37.8 Å². The Morgan fingerprint density at radius 2 is 2.15 bits per heavy atom. The van der Waals surface area contributed by atoms with Crippen LogP contribution in [0.15, 0.2) is 46.2 Å². The number of fused-ring (bicyclic) bond motifs is 5. The number of amides is 1. The number of rotatable bonds is 3. The smallest absolute Gasteiger partial charge is 0.294 e. The van der Waals surface area contributed by atoms with Crippen LogP contribution >= 0.6 is 11.3 Å². The molecule has 0 aliphatic heterocycles. The third-order valence-electron chi connectivity index (χ3n) is 9.25. The molecule has 8 heteroatoms. The molecule has 3 saturated carbocycles. The summed E-state index contributed by atoms with van der Waals surface area (Å²) in [5.41, 5.74) is 1.89. The fourth-order valence-corrected chi connectivity index (χ4v) is 8.56. The number of aromatic nitrogens is 2. The van der Waals surface area contributed by atoms with E-state index in [4.69, 9.17) is 9.40 Å². The molecule has 0 saturated heterocycles. The Kier molecular flexibility index (Phi) is 4.97. The molecular weight excluding hydrogens is 450 g/mol. The molecule has 34 heavy (non-hydrogen) atoms. The van der Waals surface area contributed by atoms with E-state index in [0.29, 0.717) is 17.0 Å². The van der Waals surface area contributed by atoms with Crippen molar-refractivity contribution in [2.45, 2.75) is 58.0 Å². The molecule has 0 bridgehead atoms. The van der Waals surface area contributed by atoms with Gasteiger partial charge >= 0.3 is 0 Å². The molecular formula is C26H29N3O4S. The van der Waals surface area contributed by atoms with Crippen molar-refractivity contribution >= 4 is 28.2 Å². The Labute approximate surface area is 202 Å². The maximum atomic E-state index is 12.3. The van der Waals surface area contributed by atoms with Crippen molar-refractivity contribution in [3.05, 3.63) is 53.2 Å². The second kappa shape index (κ2) is 7.71. The summed E-state index contributed by atoms with van der Waals surface area (Å²) in [6.45, 7) is 4.54. The van der Waals surface area contributed by atoms with Crippen LogP contribution in [0, 0.1) is 28.6 Å². The second-order valence-electron chi connectivity index (χ2n) is 10.8.